The van der Waals surface area contributed by atoms with Crippen molar-refractivity contribution in [3.8, 4) is 0 Å². The van der Waals surface area contributed by atoms with E-state index in [0.717, 1.165) is 55.6 Å². The number of hydrogen-bond donors (Lipinski definition) is 3. The lowest BCUT2D eigenvalue weighted by Crippen LogP contribution is -2.44. The molecule has 0 bridgehead atoms. The van der Waals surface area contributed by atoms with E-state index in [0.29, 0.717) is 30.6 Å². The third-order valence-corrected chi connectivity index (χ3v) is 6.93. The van der Waals surface area contributed by atoms with E-state index in [1.54, 1.807) is 0 Å². The van der Waals surface area contributed by atoms with Crippen LogP contribution in [0.5, 0.6) is 0 Å². The first-order chi connectivity index (χ1) is 18.2. The summed E-state index contributed by atoms with van der Waals surface area (Å²) < 4.78 is 0. The largest absolute Gasteiger partial charge is 0.365 e. The van der Waals surface area contributed by atoms with E-state index in [9.17, 15) is 0 Å². The number of aromatic amines is 1. The van der Waals surface area contributed by atoms with Crippen molar-refractivity contribution < 1.29 is 0 Å². The Bertz CT molecular complexity index is 1270. The van der Waals surface area contributed by atoms with Crippen LogP contribution in [0.1, 0.15) is 35.7 Å². The van der Waals surface area contributed by atoms with Crippen molar-refractivity contribution in [3.05, 3.63) is 103 Å². The van der Waals surface area contributed by atoms with E-state index in [1.165, 1.54) is 11.1 Å². The summed E-state index contributed by atoms with van der Waals surface area (Å²) in [6.45, 7) is 11.0. The molecule has 190 valence electrons. The number of rotatable bonds is 11. The maximum absolute atomic E-state index is 4.85. The minimum absolute atomic E-state index is 0.328. The Morgan fingerprint density at radius 3 is 2.22 bits per heavy atom. The molecular weight excluding hydrogens is 458 g/mol. The van der Waals surface area contributed by atoms with Gasteiger partial charge in [0.2, 0.25) is 5.95 Å². The number of benzene rings is 2. The molecule has 1 aliphatic heterocycles. The van der Waals surface area contributed by atoms with Crippen LogP contribution in [0, 0.1) is 0 Å². The van der Waals surface area contributed by atoms with Crippen molar-refractivity contribution >= 4 is 22.9 Å². The van der Waals surface area contributed by atoms with Crippen molar-refractivity contribution in [1.82, 2.24) is 25.3 Å². The highest BCUT2D eigenvalue weighted by Crippen LogP contribution is 2.26. The molecule has 0 unspecified atom stereocenters. The first kappa shape index (κ1) is 24.7. The topological polar surface area (TPSA) is 81.8 Å². The van der Waals surface area contributed by atoms with Gasteiger partial charge in [-0.15, -0.1) is 13.2 Å². The van der Waals surface area contributed by atoms with Gasteiger partial charge in [0.1, 0.15) is 11.3 Å². The van der Waals surface area contributed by atoms with Gasteiger partial charge in [-0.05, 0) is 24.0 Å². The third kappa shape index (κ3) is 5.89. The van der Waals surface area contributed by atoms with Gasteiger partial charge in [0.05, 0.1) is 0 Å². The number of piperidine rings is 1. The van der Waals surface area contributed by atoms with E-state index < -0.39 is 0 Å². The molecule has 0 saturated carbocycles. The van der Waals surface area contributed by atoms with Crippen molar-refractivity contribution in [2.75, 3.05) is 36.4 Å². The minimum atomic E-state index is 0.328. The molecular formula is C30H35N7. The maximum Gasteiger partial charge on any atom is 0.229 e. The molecule has 0 radical (unpaired) electrons. The Morgan fingerprint density at radius 2 is 1.59 bits per heavy atom. The average molecular weight is 494 g/mol. The summed E-state index contributed by atoms with van der Waals surface area (Å²) in [6, 6.07) is 22.0. The average Bonchev–Trinajstić information content (AvgIpc) is 3.36. The van der Waals surface area contributed by atoms with E-state index in [-0.39, 0.29) is 0 Å². The Labute approximate surface area is 218 Å². The molecule has 7 nitrogen and oxygen atoms in total. The number of nitrogens with one attached hydrogen (secondary N) is 3. The standard InChI is InChI=1S/C30H35N7/c1-3-11-26-33-27-28(31-18-4-2)35-30(36-29(27)34-26)37-19-16-24(17-20-37)32-21-25(22-12-7-5-8-13-22)23-14-9-6-10-15-23/h3-10,12-15,24-25,32H,1-2,11,16-21H2,(H2,31,33,34,35,36). The fraction of sp³-hybridized carbons (Fsp3) is 0.300. The quantitative estimate of drug-likeness (QED) is 0.253. The first-order valence-electron chi connectivity index (χ1n) is 13.1. The smallest absolute Gasteiger partial charge is 0.229 e. The molecule has 2 aromatic heterocycles. The second-order valence-corrected chi connectivity index (χ2v) is 9.46. The van der Waals surface area contributed by atoms with E-state index in [1.807, 2.05) is 12.2 Å². The summed E-state index contributed by atoms with van der Waals surface area (Å²) >= 11 is 0. The zero-order valence-corrected chi connectivity index (χ0v) is 21.2. The maximum atomic E-state index is 4.85. The number of hydrogen-bond acceptors (Lipinski definition) is 6. The molecule has 37 heavy (non-hydrogen) atoms. The summed E-state index contributed by atoms with van der Waals surface area (Å²) in [4.78, 5) is 19.9. The van der Waals surface area contributed by atoms with Gasteiger partial charge in [0.25, 0.3) is 0 Å². The lowest BCUT2D eigenvalue weighted by atomic mass is 9.90. The Hall–Kier alpha value is -3.97. The number of fused-ring (bicyclic) bond motifs is 1. The summed E-state index contributed by atoms with van der Waals surface area (Å²) in [7, 11) is 0. The highest BCUT2D eigenvalue weighted by molar-refractivity contribution is 5.84. The Kier molecular flexibility index (Phi) is 7.91. The Balaban J connectivity index is 1.26. The second kappa shape index (κ2) is 11.8. The summed E-state index contributed by atoms with van der Waals surface area (Å²) in [5.74, 6) is 2.65. The van der Waals surface area contributed by atoms with Gasteiger partial charge >= 0.3 is 0 Å². The highest BCUT2D eigenvalue weighted by atomic mass is 15.3. The molecule has 1 aliphatic rings. The zero-order chi connectivity index (χ0) is 25.5. The van der Waals surface area contributed by atoms with E-state index in [2.05, 4.69) is 99.3 Å². The van der Waals surface area contributed by atoms with Gasteiger partial charge in [0, 0.05) is 44.6 Å². The normalized spacial score (nSPS) is 14.2. The number of anilines is 2. The van der Waals surface area contributed by atoms with Crippen LogP contribution in [0.25, 0.3) is 11.2 Å². The molecule has 0 amide bonds. The fourth-order valence-corrected chi connectivity index (χ4v) is 4.97. The van der Waals surface area contributed by atoms with Gasteiger partial charge in [0.15, 0.2) is 11.5 Å². The van der Waals surface area contributed by atoms with Gasteiger partial charge in [-0.2, -0.15) is 9.97 Å². The van der Waals surface area contributed by atoms with Gasteiger partial charge in [-0.3, -0.25) is 0 Å². The highest BCUT2D eigenvalue weighted by Gasteiger charge is 2.24. The number of allylic oxidation sites excluding steroid dienone is 1. The molecule has 7 heteroatoms. The van der Waals surface area contributed by atoms with Crippen LogP contribution < -0.4 is 15.5 Å². The lowest BCUT2D eigenvalue weighted by molar-refractivity contribution is 0.407. The van der Waals surface area contributed by atoms with Crippen molar-refractivity contribution in [3.63, 3.8) is 0 Å². The van der Waals surface area contributed by atoms with Crippen LogP contribution in [-0.2, 0) is 6.42 Å². The van der Waals surface area contributed by atoms with Crippen LogP contribution in [0.15, 0.2) is 86.0 Å². The molecule has 3 heterocycles. The first-order valence-corrected chi connectivity index (χ1v) is 13.1. The number of aromatic nitrogens is 4. The summed E-state index contributed by atoms with van der Waals surface area (Å²) in [5, 5.41) is 7.20. The molecule has 1 fully saturated rings. The number of H-pyrrole nitrogens is 1. The molecule has 4 aromatic rings. The van der Waals surface area contributed by atoms with Gasteiger partial charge < -0.3 is 20.5 Å². The molecule has 5 rings (SSSR count). The molecule has 0 aliphatic carbocycles. The summed E-state index contributed by atoms with van der Waals surface area (Å²) in [6.07, 6.45) is 6.40. The van der Waals surface area contributed by atoms with Gasteiger partial charge in [-0.1, -0.05) is 72.8 Å². The van der Waals surface area contributed by atoms with Crippen molar-refractivity contribution in [2.45, 2.75) is 31.2 Å². The van der Waals surface area contributed by atoms with Crippen LogP contribution in [0.4, 0.5) is 11.8 Å². The third-order valence-electron chi connectivity index (χ3n) is 6.93. The van der Waals surface area contributed by atoms with Crippen LogP contribution in [0.2, 0.25) is 0 Å². The predicted octanol–water partition coefficient (Wildman–Crippen LogP) is 5.07. The minimum Gasteiger partial charge on any atom is -0.365 e. The van der Waals surface area contributed by atoms with Crippen LogP contribution in [0.3, 0.4) is 0 Å². The number of imidazole rings is 1. The van der Waals surface area contributed by atoms with E-state index >= 15 is 0 Å². The van der Waals surface area contributed by atoms with Crippen LogP contribution in [-0.4, -0.2) is 52.2 Å². The molecule has 0 atom stereocenters. The van der Waals surface area contributed by atoms with E-state index in [4.69, 9.17) is 9.97 Å². The zero-order valence-electron chi connectivity index (χ0n) is 21.2. The van der Waals surface area contributed by atoms with Crippen molar-refractivity contribution in [2.24, 2.45) is 0 Å². The van der Waals surface area contributed by atoms with Gasteiger partial charge in [-0.25, -0.2) is 4.98 Å². The van der Waals surface area contributed by atoms with Crippen LogP contribution >= 0.6 is 0 Å². The predicted molar refractivity (Wildman–Crippen MR) is 152 cm³/mol. The number of nitrogens with zero attached hydrogens (tertiary/aromatic N) is 4. The monoisotopic (exact) mass is 493 g/mol. The lowest BCUT2D eigenvalue weighted by Gasteiger charge is -2.33. The fourth-order valence-electron chi connectivity index (χ4n) is 4.97. The molecule has 0 spiro atoms. The SMILES string of the molecule is C=CCNc1nc(N2CCC(NCC(c3ccccc3)c3ccccc3)CC2)nc2nc(CC=C)[nH]c12. The molecule has 1 saturated heterocycles. The molecule has 3 N–H and O–H groups in total. The van der Waals surface area contributed by atoms with Crippen molar-refractivity contribution in [1.29, 1.82) is 0 Å². The summed E-state index contributed by atoms with van der Waals surface area (Å²) in [5.41, 5.74) is 4.19. The second-order valence-electron chi connectivity index (χ2n) is 9.46. The Morgan fingerprint density at radius 1 is 0.919 bits per heavy atom. The molecule has 2 aromatic carbocycles.